The Bertz CT molecular complexity index is 331. The molecule has 15 heavy (non-hydrogen) atoms. The number of carbonyl (C=O) groups is 1. The topological polar surface area (TPSA) is 64.3 Å². The normalized spacial score (nSPS) is 9.73. The number of carbonyl (C=O) groups excluding carboxylic acids is 1. The van der Waals surface area contributed by atoms with E-state index in [1.54, 1.807) is 24.3 Å². The lowest BCUT2D eigenvalue weighted by Crippen LogP contribution is -2.29. The van der Waals surface area contributed by atoms with Crippen molar-refractivity contribution < 1.29 is 13.9 Å². The van der Waals surface area contributed by atoms with E-state index >= 15 is 0 Å². The van der Waals surface area contributed by atoms with Gasteiger partial charge in [0.05, 0.1) is 13.3 Å². The Morgan fingerprint density at radius 2 is 2.33 bits per heavy atom. The summed E-state index contributed by atoms with van der Waals surface area (Å²) < 4.78 is 17.0. The summed E-state index contributed by atoms with van der Waals surface area (Å²) in [5, 5.41) is 0. The third kappa shape index (κ3) is 3.55. The Kier molecular flexibility index (Phi) is 4.56. The monoisotopic (exact) mass is 212 g/mol. The van der Waals surface area contributed by atoms with Crippen molar-refractivity contribution in [2.75, 3.05) is 13.3 Å². The van der Waals surface area contributed by atoms with Crippen LogP contribution >= 0.6 is 0 Å². The van der Waals surface area contributed by atoms with Crippen molar-refractivity contribution >= 4 is 5.91 Å². The molecule has 0 atom stereocenters. The van der Waals surface area contributed by atoms with Gasteiger partial charge in [-0.2, -0.15) is 0 Å². The lowest BCUT2D eigenvalue weighted by atomic mass is 10.2. The van der Waals surface area contributed by atoms with Gasteiger partial charge in [-0.15, -0.1) is 0 Å². The quantitative estimate of drug-likeness (QED) is 0.331. The molecule has 0 radical (unpaired) electrons. The highest BCUT2D eigenvalue weighted by Gasteiger charge is 2.04. The zero-order valence-electron chi connectivity index (χ0n) is 8.20. The van der Waals surface area contributed by atoms with Gasteiger partial charge in [-0.05, 0) is 18.2 Å². The minimum atomic E-state index is -0.414. The van der Waals surface area contributed by atoms with E-state index in [1.165, 1.54) is 0 Å². The summed E-state index contributed by atoms with van der Waals surface area (Å²) >= 11 is 0. The van der Waals surface area contributed by atoms with Crippen molar-refractivity contribution in [2.24, 2.45) is 5.84 Å². The average molecular weight is 212 g/mol. The van der Waals surface area contributed by atoms with E-state index in [0.717, 1.165) is 0 Å². The lowest BCUT2D eigenvalue weighted by molar-refractivity contribution is 0.0953. The molecule has 0 aliphatic rings. The lowest BCUT2D eigenvalue weighted by Gasteiger charge is -2.06. The molecular formula is C10H13FN2O2. The summed E-state index contributed by atoms with van der Waals surface area (Å²) in [5.74, 6) is 5.13. The summed E-state index contributed by atoms with van der Waals surface area (Å²) in [6.45, 7) is -0.118. The molecule has 0 aliphatic heterocycles. The molecule has 0 fully saturated rings. The summed E-state index contributed by atoms with van der Waals surface area (Å²) in [6.07, 6.45) is 0.341. The predicted molar refractivity (Wildman–Crippen MR) is 54.2 cm³/mol. The minimum Gasteiger partial charge on any atom is -0.493 e. The Labute approximate surface area is 87.2 Å². The average Bonchev–Trinajstić information content (AvgIpc) is 2.29. The van der Waals surface area contributed by atoms with Crippen LogP contribution in [0.25, 0.3) is 0 Å². The van der Waals surface area contributed by atoms with Gasteiger partial charge < -0.3 is 4.74 Å². The number of benzene rings is 1. The van der Waals surface area contributed by atoms with E-state index in [9.17, 15) is 9.18 Å². The van der Waals surface area contributed by atoms with Gasteiger partial charge in [0.25, 0.3) is 5.91 Å². The number of nitrogen functional groups attached to an aromatic ring is 1. The Hall–Kier alpha value is -1.62. The number of hydrogen-bond donors (Lipinski definition) is 2. The van der Waals surface area contributed by atoms with Crippen molar-refractivity contribution in [3.8, 4) is 5.75 Å². The Morgan fingerprint density at radius 3 is 3.00 bits per heavy atom. The largest absolute Gasteiger partial charge is 0.493 e. The highest BCUT2D eigenvalue weighted by molar-refractivity contribution is 5.94. The molecule has 82 valence electrons. The van der Waals surface area contributed by atoms with Crippen LogP contribution in [0.4, 0.5) is 4.39 Å². The van der Waals surface area contributed by atoms with Crippen LogP contribution in [0.15, 0.2) is 24.3 Å². The van der Waals surface area contributed by atoms with Crippen LogP contribution < -0.4 is 16.0 Å². The fourth-order valence-corrected chi connectivity index (χ4v) is 1.06. The third-order valence-electron chi connectivity index (χ3n) is 1.77. The van der Waals surface area contributed by atoms with E-state index < -0.39 is 6.67 Å². The molecule has 0 spiro atoms. The number of halogens is 1. The second kappa shape index (κ2) is 5.98. The number of ether oxygens (including phenoxy) is 1. The SMILES string of the molecule is NNC(=O)c1cccc(OCCCF)c1. The van der Waals surface area contributed by atoms with Crippen LogP contribution in [-0.2, 0) is 0 Å². The van der Waals surface area contributed by atoms with Gasteiger partial charge in [-0.3, -0.25) is 14.6 Å². The number of hydrogen-bond acceptors (Lipinski definition) is 3. The second-order valence-electron chi connectivity index (χ2n) is 2.89. The third-order valence-corrected chi connectivity index (χ3v) is 1.77. The van der Waals surface area contributed by atoms with E-state index in [1.807, 2.05) is 5.43 Å². The van der Waals surface area contributed by atoms with Crippen molar-refractivity contribution in [1.29, 1.82) is 0 Å². The number of hydrazine groups is 1. The molecule has 1 rings (SSSR count). The summed E-state index contributed by atoms with van der Waals surface area (Å²) in [4.78, 5) is 11.1. The zero-order valence-corrected chi connectivity index (χ0v) is 8.20. The smallest absolute Gasteiger partial charge is 0.265 e. The Morgan fingerprint density at radius 1 is 1.53 bits per heavy atom. The maximum atomic E-state index is 11.8. The van der Waals surface area contributed by atoms with Gasteiger partial charge in [0.2, 0.25) is 0 Å². The summed E-state index contributed by atoms with van der Waals surface area (Å²) in [5.41, 5.74) is 2.43. The van der Waals surface area contributed by atoms with E-state index in [0.29, 0.717) is 24.3 Å². The first-order valence-electron chi connectivity index (χ1n) is 4.57. The zero-order chi connectivity index (χ0) is 11.1. The van der Waals surface area contributed by atoms with Crippen molar-refractivity contribution in [2.45, 2.75) is 6.42 Å². The number of rotatable bonds is 5. The van der Waals surface area contributed by atoms with Crippen molar-refractivity contribution in [3.63, 3.8) is 0 Å². The number of nitrogens with one attached hydrogen (secondary N) is 1. The molecule has 0 saturated heterocycles. The molecule has 1 aromatic rings. The first kappa shape index (κ1) is 11.5. The fourth-order valence-electron chi connectivity index (χ4n) is 1.06. The van der Waals surface area contributed by atoms with Crippen molar-refractivity contribution in [1.82, 2.24) is 5.43 Å². The Balaban J connectivity index is 2.62. The summed E-state index contributed by atoms with van der Waals surface area (Å²) in [6, 6.07) is 6.55. The molecule has 0 unspecified atom stereocenters. The summed E-state index contributed by atoms with van der Waals surface area (Å²) in [7, 11) is 0. The van der Waals surface area contributed by atoms with Gasteiger partial charge in [-0.25, -0.2) is 5.84 Å². The van der Waals surface area contributed by atoms with Crippen LogP contribution in [0.1, 0.15) is 16.8 Å². The number of alkyl halides is 1. The molecule has 3 N–H and O–H groups in total. The van der Waals surface area contributed by atoms with Crippen LogP contribution in [0.2, 0.25) is 0 Å². The first-order chi connectivity index (χ1) is 7.27. The van der Waals surface area contributed by atoms with E-state index in [2.05, 4.69) is 0 Å². The predicted octanol–water partition coefficient (Wildman–Crippen LogP) is 1.03. The maximum absolute atomic E-state index is 11.8. The van der Waals surface area contributed by atoms with E-state index in [4.69, 9.17) is 10.6 Å². The molecule has 0 bridgehead atoms. The fraction of sp³-hybridized carbons (Fsp3) is 0.300. The van der Waals surface area contributed by atoms with Gasteiger partial charge in [0, 0.05) is 12.0 Å². The second-order valence-corrected chi connectivity index (χ2v) is 2.89. The highest BCUT2D eigenvalue weighted by atomic mass is 19.1. The molecule has 4 nitrogen and oxygen atoms in total. The number of nitrogens with two attached hydrogens (primary N) is 1. The minimum absolute atomic E-state index is 0.296. The molecular weight excluding hydrogens is 199 g/mol. The molecule has 0 saturated carbocycles. The molecule has 0 aromatic heterocycles. The van der Waals surface area contributed by atoms with Crippen LogP contribution in [0, 0.1) is 0 Å². The van der Waals surface area contributed by atoms with Crippen LogP contribution in [0.5, 0.6) is 5.75 Å². The molecule has 5 heteroatoms. The molecule has 1 amide bonds. The van der Waals surface area contributed by atoms with Gasteiger partial charge in [0.1, 0.15) is 5.75 Å². The standard InChI is InChI=1S/C10H13FN2O2/c11-5-2-6-15-9-4-1-3-8(7-9)10(14)13-12/h1,3-4,7H,2,5-6,12H2,(H,13,14). The molecule has 0 heterocycles. The van der Waals surface area contributed by atoms with Gasteiger partial charge in [-0.1, -0.05) is 6.07 Å². The van der Waals surface area contributed by atoms with Crippen LogP contribution in [0.3, 0.4) is 0 Å². The van der Waals surface area contributed by atoms with Crippen LogP contribution in [-0.4, -0.2) is 19.2 Å². The van der Waals surface area contributed by atoms with Gasteiger partial charge in [0.15, 0.2) is 0 Å². The van der Waals surface area contributed by atoms with Crippen molar-refractivity contribution in [3.05, 3.63) is 29.8 Å². The number of amides is 1. The maximum Gasteiger partial charge on any atom is 0.265 e. The molecule has 0 aliphatic carbocycles. The molecule has 1 aromatic carbocycles. The van der Waals surface area contributed by atoms with E-state index in [-0.39, 0.29) is 5.91 Å². The van der Waals surface area contributed by atoms with Gasteiger partial charge >= 0.3 is 0 Å². The first-order valence-corrected chi connectivity index (χ1v) is 4.57. The highest BCUT2D eigenvalue weighted by Crippen LogP contribution is 2.13.